The van der Waals surface area contributed by atoms with Gasteiger partial charge in [0.25, 0.3) is 0 Å². The Bertz CT molecular complexity index is 779. The summed E-state index contributed by atoms with van der Waals surface area (Å²) in [6, 6.07) is 0. The van der Waals surface area contributed by atoms with Crippen LogP contribution in [0, 0.1) is 0 Å². The molecule has 0 aromatic heterocycles. The summed E-state index contributed by atoms with van der Waals surface area (Å²) in [7, 11) is 0. The summed E-state index contributed by atoms with van der Waals surface area (Å²) >= 11 is 0. The molecule has 0 radical (unpaired) electrons. The molecule has 2 N–H and O–H groups in total. The second-order valence-corrected chi connectivity index (χ2v) is 7.35. The molecule has 0 aliphatic heterocycles. The number of carbonyl (C=O) groups excluding carboxylic acids is 4. The lowest BCUT2D eigenvalue weighted by Crippen LogP contribution is -2.28. The van der Waals surface area contributed by atoms with Gasteiger partial charge in [-0.2, -0.15) is 0 Å². The van der Waals surface area contributed by atoms with Crippen LogP contribution in [-0.2, 0) is 52.3 Å². The molecule has 4 unspecified atom stereocenters. The molecule has 4 atom stereocenters. The Morgan fingerprint density at radius 3 is 1.19 bits per heavy atom. The fourth-order valence-electron chi connectivity index (χ4n) is 2.06. The van der Waals surface area contributed by atoms with Crippen LogP contribution >= 0.6 is 0 Å². The molecule has 208 valence electrons. The number of aliphatic carboxylic acids is 2. The zero-order valence-corrected chi connectivity index (χ0v) is 20.6. The lowest BCUT2D eigenvalue weighted by Gasteiger charge is -2.18. The third-order valence-electron chi connectivity index (χ3n) is 3.53. The Morgan fingerprint density at radius 2 is 0.865 bits per heavy atom. The highest BCUT2D eigenvalue weighted by Crippen LogP contribution is 2.03. The van der Waals surface area contributed by atoms with Gasteiger partial charge in [0.05, 0.1) is 13.2 Å². The van der Waals surface area contributed by atoms with E-state index in [9.17, 15) is 28.8 Å². The van der Waals surface area contributed by atoms with Gasteiger partial charge < -0.3 is 43.4 Å². The quantitative estimate of drug-likeness (QED) is 0.162. The second-order valence-electron chi connectivity index (χ2n) is 7.35. The van der Waals surface area contributed by atoms with E-state index in [-0.39, 0.29) is 26.4 Å². The molecule has 0 saturated carbocycles. The standard InChI is InChI=1S/C22H30O15/c1-13(36-21(29)32-11-15(3)34-19(27)7-5-17(23)24)9-31-10-14(2)37-22(30)33-12-16(4)35-20(28)8-6-18(25)26/h5-8,13-16H,9-12H2,1-4H3,(H,23,24)(H,25,26)/b7-5-,8-6-. The van der Waals surface area contributed by atoms with Gasteiger partial charge >= 0.3 is 36.2 Å². The van der Waals surface area contributed by atoms with E-state index in [4.69, 9.17) is 43.4 Å². The maximum atomic E-state index is 11.7. The topological polar surface area (TPSA) is 207 Å². The molecular weight excluding hydrogens is 504 g/mol. The maximum Gasteiger partial charge on any atom is 0.508 e. The van der Waals surface area contributed by atoms with E-state index in [1.807, 2.05) is 0 Å². The number of carbonyl (C=O) groups is 6. The van der Waals surface area contributed by atoms with Crippen LogP contribution in [0.3, 0.4) is 0 Å². The van der Waals surface area contributed by atoms with Gasteiger partial charge in [-0.25, -0.2) is 28.8 Å². The molecule has 0 spiro atoms. The molecular formula is C22H30O15. The zero-order chi connectivity index (χ0) is 28.4. The summed E-state index contributed by atoms with van der Waals surface area (Å²) < 4.78 is 34.4. The van der Waals surface area contributed by atoms with Gasteiger partial charge in [-0.3, -0.25) is 0 Å². The van der Waals surface area contributed by atoms with Crippen LogP contribution < -0.4 is 0 Å². The molecule has 0 aromatic rings. The summed E-state index contributed by atoms with van der Waals surface area (Å²) in [4.78, 5) is 66.7. The lowest BCUT2D eigenvalue weighted by atomic mass is 10.4. The minimum Gasteiger partial charge on any atom is -0.478 e. The van der Waals surface area contributed by atoms with Crippen molar-refractivity contribution < 1.29 is 72.1 Å². The van der Waals surface area contributed by atoms with Crippen LogP contribution in [0.4, 0.5) is 9.59 Å². The summed E-state index contributed by atoms with van der Waals surface area (Å²) in [5, 5.41) is 16.9. The molecule has 0 aliphatic carbocycles. The number of esters is 2. The third-order valence-corrected chi connectivity index (χ3v) is 3.53. The SMILES string of the molecule is CC(COC(=O)OC(C)COCC(C)OC(=O)OCC(C)OC(=O)/C=C\C(=O)O)OC(=O)/C=C\C(=O)O. The number of hydrogen-bond donors (Lipinski definition) is 2. The van der Waals surface area contributed by atoms with Crippen LogP contribution in [0.25, 0.3) is 0 Å². The minimum absolute atomic E-state index is 0.0702. The predicted octanol–water partition coefficient (Wildman–Crippen LogP) is 1.23. The van der Waals surface area contributed by atoms with Gasteiger partial charge in [0.1, 0.15) is 37.6 Å². The number of rotatable bonds is 16. The number of hydrogen-bond acceptors (Lipinski definition) is 13. The van der Waals surface area contributed by atoms with Crippen molar-refractivity contribution >= 4 is 36.2 Å². The fourth-order valence-corrected chi connectivity index (χ4v) is 2.06. The van der Waals surface area contributed by atoms with Crippen LogP contribution in [0.2, 0.25) is 0 Å². The molecule has 0 aromatic carbocycles. The van der Waals surface area contributed by atoms with E-state index in [0.717, 1.165) is 0 Å². The molecule has 0 aliphatic rings. The van der Waals surface area contributed by atoms with Crippen LogP contribution in [0.1, 0.15) is 27.7 Å². The summed E-state index contributed by atoms with van der Waals surface area (Å²) in [5.41, 5.74) is 0. The molecule has 0 bridgehead atoms. The Labute approximate surface area is 211 Å². The van der Waals surface area contributed by atoms with Crippen LogP contribution in [0.5, 0.6) is 0 Å². The highest BCUT2D eigenvalue weighted by Gasteiger charge is 2.17. The first-order chi connectivity index (χ1) is 17.3. The number of carboxylic acids is 2. The first-order valence-electron chi connectivity index (χ1n) is 10.8. The molecule has 0 fully saturated rings. The first-order valence-corrected chi connectivity index (χ1v) is 10.8. The Balaban J connectivity index is 4.07. The van der Waals surface area contributed by atoms with Crippen molar-refractivity contribution in [2.75, 3.05) is 26.4 Å². The maximum absolute atomic E-state index is 11.7. The molecule has 0 amide bonds. The van der Waals surface area contributed by atoms with E-state index in [1.165, 1.54) is 27.7 Å². The van der Waals surface area contributed by atoms with Gasteiger partial charge in [-0.1, -0.05) is 0 Å². The van der Waals surface area contributed by atoms with Gasteiger partial charge in [0.15, 0.2) is 0 Å². The van der Waals surface area contributed by atoms with Crippen molar-refractivity contribution in [2.45, 2.75) is 52.1 Å². The van der Waals surface area contributed by atoms with E-state index < -0.39 is 60.6 Å². The monoisotopic (exact) mass is 534 g/mol. The molecule has 37 heavy (non-hydrogen) atoms. The normalized spacial score (nSPS) is 14.2. The van der Waals surface area contributed by atoms with Crippen molar-refractivity contribution in [1.29, 1.82) is 0 Å². The number of carboxylic acid groups (broad SMARTS) is 2. The molecule has 0 rings (SSSR count). The van der Waals surface area contributed by atoms with E-state index in [1.54, 1.807) is 0 Å². The molecule has 0 heterocycles. The smallest absolute Gasteiger partial charge is 0.478 e. The average molecular weight is 534 g/mol. The Morgan fingerprint density at radius 1 is 0.541 bits per heavy atom. The Kier molecular flexibility index (Phi) is 16.1. The van der Waals surface area contributed by atoms with E-state index >= 15 is 0 Å². The second kappa shape index (κ2) is 18.2. The van der Waals surface area contributed by atoms with Crippen molar-refractivity contribution in [3.63, 3.8) is 0 Å². The van der Waals surface area contributed by atoms with Crippen LogP contribution in [0.15, 0.2) is 24.3 Å². The zero-order valence-electron chi connectivity index (χ0n) is 20.6. The predicted molar refractivity (Wildman–Crippen MR) is 119 cm³/mol. The van der Waals surface area contributed by atoms with Gasteiger partial charge in [0, 0.05) is 24.3 Å². The molecule has 15 heteroatoms. The fraction of sp³-hybridized carbons (Fsp3) is 0.545. The average Bonchev–Trinajstić information content (AvgIpc) is 2.78. The summed E-state index contributed by atoms with van der Waals surface area (Å²) in [6.45, 7) is 5.06. The molecule has 15 nitrogen and oxygen atoms in total. The Hall–Kier alpha value is -4.14. The third kappa shape index (κ3) is 19.8. The summed E-state index contributed by atoms with van der Waals surface area (Å²) in [6.07, 6.45) is -2.67. The van der Waals surface area contributed by atoms with E-state index in [0.29, 0.717) is 24.3 Å². The van der Waals surface area contributed by atoms with Crippen molar-refractivity contribution in [3.8, 4) is 0 Å². The summed E-state index contributed by atoms with van der Waals surface area (Å²) in [5.74, 6) is -4.47. The molecule has 0 saturated heterocycles. The largest absolute Gasteiger partial charge is 0.508 e. The lowest BCUT2D eigenvalue weighted by molar-refractivity contribution is -0.145. The highest BCUT2D eigenvalue weighted by molar-refractivity contribution is 5.91. The van der Waals surface area contributed by atoms with Gasteiger partial charge in [-0.15, -0.1) is 0 Å². The van der Waals surface area contributed by atoms with Crippen LogP contribution in [-0.4, -0.2) is 97.2 Å². The van der Waals surface area contributed by atoms with Gasteiger partial charge in [0.2, 0.25) is 0 Å². The van der Waals surface area contributed by atoms with Crippen molar-refractivity contribution in [3.05, 3.63) is 24.3 Å². The van der Waals surface area contributed by atoms with E-state index in [2.05, 4.69) is 0 Å². The number of ether oxygens (including phenoxy) is 7. The van der Waals surface area contributed by atoms with Crippen molar-refractivity contribution in [1.82, 2.24) is 0 Å². The highest BCUT2D eigenvalue weighted by atomic mass is 16.7. The van der Waals surface area contributed by atoms with Gasteiger partial charge in [-0.05, 0) is 27.7 Å². The first kappa shape index (κ1) is 32.9. The minimum atomic E-state index is -1.32. The van der Waals surface area contributed by atoms with Crippen molar-refractivity contribution in [2.24, 2.45) is 0 Å².